The van der Waals surface area contributed by atoms with E-state index in [2.05, 4.69) is 18.5 Å². The molecular formula is C38H47N3O7. The van der Waals surface area contributed by atoms with Crippen LogP contribution in [-0.4, -0.2) is 77.2 Å². The van der Waals surface area contributed by atoms with Gasteiger partial charge in [-0.1, -0.05) is 60.7 Å². The number of allylic oxidation sites excluding steroid dienone is 1. The number of fused-ring (bicyclic) bond motifs is 1. The second-order valence-electron chi connectivity index (χ2n) is 13.1. The van der Waals surface area contributed by atoms with Gasteiger partial charge >= 0.3 is 5.97 Å². The van der Waals surface area contributed by atoms with Crippen molar-refractivity contribution in [1.82, 2.24) is 10.2 Å². The van der Waals surface area contributed by atoms with Crippen LogP contribution in [0.1, 0.15) is 61.8 Å². The molecule has 0 aliphatic carbocycles. The van der Waals surface area contributed by atoms with Crippen molar-refractivity contribution in [3.63, 3.8) is 0 Å². The maximum atomic E-state index is 14.8. The molecule has 10 nitrogen and oxygen atoms in total. The van der Waals surface area contributed by atoms with Gasteiger partial charge < -0.3 is 29.7 Å². The summed E-state index contributed by atoms with van der Waals surface area (Å²) in [7, 11) is 0. The molecule has 7 atom stereocenters. The number of esters is 1. The summed E-state index contributed by atoms with van der Waals surface area (Å²) >= 11 is 0. The molecule has 3 fully saturated rings. The lowest BCUT2D eigenvalue weighted by atomic mass is 9.70. The van der Waals surface area contributed by atoms with Gasteiger partial charge in [0.05, 0.1) is 24.0 Å². The van der Waals surface area contributed by atoms with Gasteiger partial charge in [0, 0.05) is 31.8 Å². The highest BCUT2D eigenvalue weighted by atomic mass is 16.6. The van der Waals surface area contributed by atoms with Crippen molar-refractivity contribution in [2.45, 2.75) is 82.8 Å². The smallest absolute Gasteiger partial charge is 0.313 e. The van der Waals surface area contributed by atoms with E-state index in [1.807, 2.05) is 62.4 Å². The molecule has 3 amide bonds. The Morgan fingerprint density at radius 1 is 1.12 bits per heavy atom. The zero-order valence-electron chi connectivity index (χ0n) is 28.1. The summed E-state index contributed by atoms with van der Waals surface area (Å²) in [6.45, 7) is 13.4. The van der Waals surface area contributed by atoms with E-state index in [4.69, 9.17) is 9.47 Å². The van der Waals surface area contributed by atoms with E-state index in [0.29, 0.717) is 24.8 Å². The van der Waals surface area contributed by atoms with Crippen LogP contribution >= 0.6 is 0 Å². The molecule has 5 rings (SSSR count). The van der Waals surface area contributed by atoms with Gasteiger partial charge in [-0.2, -0.15) is 0 Å². The second kappa shape index (κ2) is 14.9. The number of amides is 3. The fraction of sp³-hybridized carbons (Fsp3) is 0.474. The maximum absolute atomic E-state index is 14.8. The number of benzene rings is 2. The summed E-state index contributed by atoms with van der Waals surface area (Å²) < 4.78 is 12.9. The number of rotatable bonds is 15. The summed E-state index contributed by atoms with van der Waals surface area (Å²) in [5.74, 6) is -3.34. The third-order valence-corrected chi connectivity index (χ3v) is 9.94. The summed E-state index contributed by atoms with van der Waals surface area (Å²) in [5, 5.41) is 12.7. The van der Waals surface area contributed by atoms with Gasteiger partial charge in [0.25, 0.3) is 5.91 Å². The summed E-state index contributed by atoms with van der Waals surface area (Å²) in [5.41, 5.74) is 2.02. The fourth-order valence-corrected chi connectivity index (χ4v) is 7.92. The quantitative estimate of drug-likeness (QED) is 0.216. The zero-order chi connectivity index (χ0) is 34.6. The largest absolute Gasteiger partial charge is 0.455 e. The number of aliphatic hydroxyl groups excluding tert-OH is 1. The minimum atomic E-state index is -1.24. The molecule has 10 heteroatoms. The summed E-state index contributed by atoms with van der Waals surface area (Å²) in [6, 6.07) is 13.4. The van der Waals surface area contributed by atoms with Crippen LogP contribution in [0, 0.1) is 25.7 Å². The minimum Gasteiger partial charge on any atom is -0.455 e. The van der Waals surface area contributed by atoms with Gasteiger partial charge in [-0.25, -0.2) is 0 Å². The van der Waals surface area contributed by atoms with E-state index in [9.17, 15) is 24.3 Å². The van der Waals surface area contributed by atoms with Crippen LogP contribution in [0.2, 0.25) is 0 Å². The minimum absolute atomic E-state index is 0.134. The Kier molecular flexibility index (Phi) is 10.9. The highest BCUT2D eigenvalue weighted by Crippen LogP contribution is 2.59. The van der Waals surface area contributed by atoms with Crippen LogP contribution < -0.4 is 10.2 Å². The molecule has 256 valence electrons. The van der Waals surface area contributed by atoms with Crippen molar-refractivity contribution in [3.8, 4) is 0 Å². The zero-order valence-corrected chi connectivity index (χ0v) is 28.1. The lowest BCUT2D eigenvalue weighted by molar-refractivity contribution is -0.162. The number of aliphatic hydroxyl groups is 1. The molecule has 1 spiro atoms. The van der Waals surface area contributed by atoms with Crippen molar-refractivity contribution in [2.75, 3.05) is 24.6 Å². The van der Waals surface area contributed by atoms with Crippen molar-refractivity contribution in [3.05, 3.63) is 90.5 Å². The monoisotopic (exact) mass is 657 g/mol. The Hall–Kier alpha value is -4.28. The number of anilines is 1. The van der Waals surface area contributed by atoms with Gasteiger partial charge in [0.1, 0.15) is 17.7 Å². The first-order chi connectivity index (χ1) is 23.1. The number of aryl methyl sites for hydroxylation is 2. The molecule has 3 aliphatic heterocycles. The van der Waals surface area contributed by atoms with E-state index in [1.165, 1.54) is 4.90 Å². The van der Waals surface area contributed by atoms with Crippen LogP contribution in [0.4, 0.5) is 5.69 Å². The third kappa shape index (κ3) is 6.43. The van der Waals surface area contributed by atoms with Crippen molar-refractivity contribution >= 4 is 29.4 Å². The topological polar surface area (TPSA) is 125 Å². The number of carbonyl (C=O) groups is 4. The van der Waals surface area contributed by atoms with Gasteiger partial charge in [-0.15, -0.1) is 13.2 Å². The Balaban J connectivity index is 1.48. The lowest BCUT2D eigenvalue weighted by Gasteiger charge is -2.37. The number of para-hydroxylation sites is 1. The van der Waals surface area contributed by atoms with Gasteiger partial charge in [-0.3, -0.25) is 19.2 Å². The highest BCUT2D eigenvalue weighted by Gasteiger charge is 2.75. The first kappa shape index (κ1) is 35.0. The first-order valence-electron chi connectivity index (χ1n) is 16.8. The first-order valence-corrected chi connectivity index (χ1v) is 16.8. The van der Waals surface area contributed by atoms with E-state index in [0.717, 1.165) is 16.8 Å². The van der Waals surface area contributed by atoms with E-state index >= 15 is 0 Å². The Morgan fingerprint density at radius 2 is 1.83 bits per heavy atom. The van der Waals surface area contributed by atoms with Gasteiger partial charge in [-0.05, 0) is 63.1 Å². The van der Waals surface area contributed by atoms with E-state index < -0.39 is 47.7 Å². The lowest BCUT2D eigenvalue weighted by Crippen LogP contribution is -2.56. The molecule has 3 heterocycles. The SMILES string of the molecule is C=CCCC(=O)N[C@H](C)[C@@H](OC(=O)[C@@H]1[C@H]2C(=O)N(CCCO)[C@H](C(=O)N(CC=C)c3c(C)cccc3C)[C@]23CC[C@H]1O3)c1ccccc1. The van der Waals surface area contributed by atoms with E-state index in [1.54, 1.807) is 24.0 Å². The molecule has 3 saturated heterocycles. The van der Waals surface area contributed by atoms with Gasteiger partial charge in [0.15, 0.2) is 0 Å². The predicted octanol–water partition coefficient (Wildman–Crippen LogP) is 4.33. The second-order valence-corrected chi connectivity index (χ2v) is 13.1. The molecular weight excluding hydrogens is 610 g/mol. The highest BCUT2D eigenvalue weighted by molar-refractivity contribution is 6.05. The predicted molar refractivity (Wildman–Crippen MR) is 182 cm³/mol. The van der Waals surface area contributed by atoms with Crippen LogP contribution in [0.25, 0.3) is 0 Å². The normalized spacial score (nSPS) is 25.2. The number of ether oxygens (including phenoxy) is 2. The summed E-state index contributed by atoms with van der Waals surface area (Å²) in [4.78, 5) is 59.2. The number of likely N-dealkylation sites (tertiary alicyclic amines) is 1. The molecule has 2 aromatic carbocycles. The Bertz CT molecular complexity index is 1520. The van der Waals surface area contributed by atoms with Crippen LogP contribution in [0.3, 0.4) is 0 Å². The van der Waals surface area contributed by atoms with Crippen LogP contribution in [0.15, 0.2) is 73.8 Å². The molecule has 0 saturated carbocycles. The number of carbonyl (C=O) groups excluding carboxylic acids is 4. The fourth-order valence-electron chi connectivity index (χ4n) is 7.92. The molecule has 48 heavy (non-hydrogen) atoms. The molecule has 0 aromatic heterocycles. The molecule has 2 aromatic rings. The third-order valence-electron chi connectivity index (χ3n) is 9.94. The van der Waals surface area contributed by atoms with Crippen LogP contribution in [0.5, 0.6) is 0 Å². The van der Waals surface area contributed by atoms with Crippen LogP contribution in [-0.2, 0) is 28.7 Å². The average Bonchev–Trinajstić information content (AvgIpc) is 3.72. The standard InChI is InChI=1S/C38H47N3O7/c1-6-8-18-29(43)39-26(5)33(27-16-10-9-11-17-27)47-37(46)30-28-19-20-38(48-28)31(30)35(44)41(22-13-23-42)34(38)36(45)40(21-7-2)32-24(3)14-12-15-25(32)4/h6-7,9-12,14-17,26,28,30-31,33-34,42H,1-2,8,13,18-23H2,3-5H3,(H,39,43)/t26-,28-,30+,31+,33-,34-,38+/m1/s1. The van der Waals surface area contributed by atoms with Gasteiger partial charge in [0.2, 0.25) is 11.8 Å². The molecule has 0 unspecified atom stereocenters. The average molecular weight is 658 g/mol. The number of hydrogen-bond donors (Lipinski definition) is 2. The number of nitrogens with zero attached hydrogens (tertiary/aromatic N) is 2. The van der Waals surface area contributed by atoms with Crippen molar-refractivity contribution in [2.24, 2.45) is 11.8 Å². The summed E-state index contributed by atoms with van der Waals surface area (Å²) in [6.07, 6.45) is 3.84. The Morgan fingerprint density at radius 3 is 2.48 bits per heavy atom. The van der Waals surface area contributed by atoms with E-state index in [-0.39, 0.29) is 50.3 Å². The van der Waals surface area contributed by atoms with Crippen molar-refractivity contribution < 1.29 is 33.8 Å². The number of nitrogens with one attached hydrogen (secondary N) is 1. The molecule has 2 bridgehead atoms. The molecule has 3 aliphatic rings. The number of hydrogen-bond acceptors (Lipinski definition) is 7. The maximum Gasteiger partial charge on any atom is 0.313 e. The van der Waals surface area contributed by atoms with Crippen molar-refractivity contribution in [1.29, 1.82) is 0 Å². The molecule has 2 N–H and O–H groups in total. The Labute approximate surface area is 282 Å². The molecule has 0 radical (unpaired) electrons.